The maximum atomic E-state index is 11.2. The van der Waals surface area contributed by atoms with E-state index in [1.807, 2.05) is 0 Å². The molecule has 0 fully saturated rings. The largest absolute Gasteiger partial charge is 0.478 e. The number of nitrogens with one attached hydrogen (secondary N) is 1. The molecule has 0 aliphatic heterocycles. The lowest BCUT2D eigenvalue weighted by atomic mass is 10.2. The minimum Gasteiger partial charge on any atom is -0.478 e. The number of amides is 1. The van der Waals surface area contributed by atoms with Crippen LogP contribution in [0.5, 0.6) is 0 Å². The third kappa shape index (κ3) is 4.17. The molecule has 1 aromatic carbocycles. The molecule has 0 atom stereocenters. The van der Waals surface area contributed by atoms with E-state index >= 15 is 0 Å². The fraction of sp³-hybridized carbons (Fsp3) is 0.182. The smallest absolute Gasteiger partial charge is 0.336 e. The number of hydrogen-bond acceptors (Lipinski definition) is 4. The SMILES string of the molecule is N#CCNC(=O)CSc1ccccc1C(=O)O. The summed E-state index contributed by atoms with van der Waals surface area (Å²) in [6.45, 7) is -0.0417. The molecule has 5 nitrogen and oxygen atoms in total. The van der Waals surface area contributed by atoms with Crippen LogP contribution < -0.4 is 5.32 Å². The molecule has 0 heterocycles. The van der Waals surface area contributed by atoms with Crippen LogP contribution in [0.2, 0.25) is 0 Å². The van der Waals surface area contributed by atoms with Gasteiger partial charge in [-0.2, -0.15) is 5.26 Å². The molecule has 0 bridgehead atoms. The van der Waals surface area contributed by atoms with Gasteiger partial charge in [-0.05, 0) is 12.1 Å². The second kappa shape index (κ2) is 6.55. The van der Waals surface area contributed by atoms with Crippen molar-refractivity contribution in [2.24, 2.45) is 0 Å². The van der Waals surface area contributed by atoms with Crippen LogP contribution in [0.4, 0.5) is 0 Å². The summed E-state index contributed by atoms with van der Waals surface area (Å²) in [4.78, 5) is 22.6. The Bertz CT molecular complexity index is 468. The van der Waals surface area contributed by atoms with E-state index in [0.29, 0.717) is 4.90 Å². The molecule has 0 spiro atoms. The zero-order valence-electron chi connectivity index (χ0n) is 8.84. The molecule has 0 aliphatic carbocycles. The van der Waals surface area contributed by atoms with E-state index in [4.69, 9.17) is 10.4 Å². The van der Waals surface area contributed by atoms with Crippen molar-refractivity contribution in [3.8, 4) is 6.07 Å². The van der Waals surface area contributed by atoms with Gasteiger partial charge >= 0.3 is 5.97 Å². The summed E-state index contributed by atoms with van der Waals surface area (Å²) in [5, 5.41) is 19.6. The van der Waals surface area contributed by atoms with E-state index < -0.39 is 5.97 Å². The van der Waals surface area contributed by atoms with Gasteiger partial charge in [-0.15, -0.1) is 11.8 Å². The number of carboxylic acids is 1. The predicted molar refractivity (Wildman–Crippen MR) is 62.7 cm³/mol. The quantitative estimate of drug-likeness (QED) is 0.603. The average Bonchev–Trinajstić information content (AvgIpc) is 2.34. The number of carboxylic acid groups (broad SMARTS) is 1. The topological polar surface area (TPSA) is 90.2 Å². The number of rotatable bonds is 5. The summed E-state index contributed by atoms with van der Waals surface area (Å²) in [6, 6.07) is 8.26. The van der Waals surface area contributed by atoms with E-state index in [1.165, 1.54) is 6.07 Å². The molecule has 17 heavy (non-hydrogen) atoms. The lowest BCUT2D eigenvalue weighted by Gasteiger charge is -2.04. The molecule has 0 aliphatic rings. The standard InChI is InChI=1S/C11H10N2O3S/c12-5-6-13-10(14)7-17-9-4-2-1-3-8(9)11(15)16/h1-4H,6-7H2,(H,13,14)(H,15,16). The van der Waals surface area contributed by atoms with E-state index in [1.54, 1.807) is 24.3 Å². The summed E-state index contributed by atoms with van der Waals surface area (Å²) in [5.41, 5.74) is 0.172. The highest BCUT2D eigenvalue weighted by atomic mass is 32.2. The van der Waals surface area contributed by atoms with Crippen molar-refractivity contribution in [1.29, 1.82) is 5.26 Å². The Labute approximate surface area is 102 Å². The number of nitriles is 1. The van der Waals surface area contributed by atoms with Gasteiger partial charge < -0.3 is 10.4 Å². The highest BCUT2D eigenvalue weighted by Gasteiger charge is 2.10. The Morgan fingerprint density at radius 3 is 2.76 bits per heavy atom. The second-order valence-electron chi connectivity index (χ2n) is 3.02. The minimum atomic E-state index is -1.02. The van der Waals surface area contributed by atoms with Crippen LogP contribution in [0.15, 0.2) is 29.2 Å². The Morgan fingerprint density at radius 2 is 2.12 bits per heavy atom. The van der Waals surface area contributed by atoms with Crippen LogP contribution in [-0.2, 0) is 4.79 Å². The molecule has 0 radical (unpaired) electrons. The molecular weight excluding hydrogens is 240 g/mol. The van der Waals surface area contributed by atoms with Gasteiger partial charge in [0, 0.05) is 4.90 Å². The van der Waals surface area contributed by atoms with Gasteiger partial charge in [0.05, 0.1) is 17.4 Å². The zero-order chi connectivity index (χ0) is 12.7. The Morgan fingerprint density at radius 1 is 1.41 bits per heavy atom. The van der Waals surface area contributed by atoms with E-state index in [9.17, 15) is 9.59 Å². The Kier molecular flexibility index (Phi) is 5.04. The van der Waals surface area contributed by atoms with Gasteiger partial charge in [0.25, 0.3) is 0 Å². The Balaban J connectivity index is 2.61. The highest BCUT2D eigenvalue weighted by Crippen LogP contribution is 2.22. The summed E-state index contributed by atoms with van der Waals surface area (Å²) >= 11 is 1.13. The summed E-state index contributed by atoms with van der Waals surface area (Å²) in [5.74, 6) is -1.23. The number of hydrogen-bond donors (Lipinski definition) is 2. The van der Waals surface area contributed by atoms with Gasteiger partial charge in [0.15, 0.2) is 0 Å². The second-order valence-corrected chi connectivity index (χ2v) is 4.04. The molecule has 0 saturated carbocycles. The molecule has 1 rings (SSSR count). The van der Waals surface area contributed by atoms with Crippen molar-refractivity contribution < 1.29 is 14.7 Å². The number of carbonyl (C=O) groups excluding carboxylic acids is 1. The van der Waals surface area contributed by atoms with E-state index in [0.717, 1.165) is 11.8 Å². The van der Waals surface area contributed by atoms with Crippen LogP contribution in [0.3, 0.4) is 0 Å². The molecule has 0 unspecified atom stereocenters. The summed E-state index contributed by atoms with van der Waals surface area (Å²) < 4.78 is 0. The van der Waals surface area contributed by atoms with Crippen LogP contribution >= 0.6 is 11.8 Å². The zero-order valence-corrected chi connectivity index (χ0v) is 9.66. The highest BCUT2D eigenvalue weighted by molar-refractivity contribution is 8.00. The Hall–Kier alpha value is -2.00. The van der Waals surface area contributed by atoms with Gasteiger partial charge in [0.1, 0.15) is 6.54 Å². The summed E-state index contributed by atoms with van der Waals surface area (Å²) in [6.07, 6.45) is 0. The van der Waals surface area contributed by atoms with Crippen LogP contribution in [0, 0.1) is 11.3 Å². The minimum absolute atomic E-state index is 0.0417. The number of benzene rings is 1. The number of carbonyl (C=O) groups is 2. The third-order valence-corrected chi connectivity index (χ3v) is 2.91. The van der Waals surface area contributed by atoms with Crippen molar-refractivity contribution in [3.05, 3.63) is 29.8 Å². The molecule has 6 heteroatoms. The maximum Gasteiger partial charge on any atom is 0.336 e. The number of aromatic carboxylic acids is 1. The first-order chi connectivity index (χ1) is 8.15. The van der Waals surface area contributed by atoms with Gasteiger partial charge in [-0.1, -0.05) is 12.1 Å². The fourth-order valence-electron chi connectivity index (χ4n) is 1.10. The van der Waals surface area contributed by atoms with Crippen LogP contribution in [0.1, 0.15) is 10.4 Å². The molecule has 0 saturated heterocycles. The van der Waals surface area contributed by atoms with E-state index in [2.05, 4.69) is 5.32 Å². The fourth-order valence-corrected chi connectivity index (χ4v) is 1.98. The maximum absolute atomic E-state index is 11.2. The van der Waals surface area contributed by atoms with Crippen molar-refractivity contribution in [2.75, 3.05) is 12.3 Å². The lowest BCUT2D eigenvalue weighted by Crippen LogP contribution is -2.25. The lowest BCUT2D eigenvalue weighted by molar-refractivity contribution is -0.118. The molecular formula is C11H10N2O3S. The number of thioether (sulfide) groups is 1. The van der Waals surface area contributed by atoms with Crippen LogP contribution in [0.25, 0.3) is 0 Å². The van der Waals surface area contributed by atoms with Crippen molar-refractivity contribution in [2.45, 2.75) is 4.90 Å². The van der Waals surface area contributed by atoms with Crippen molar-refractivity contribution in [1.82, 2.24) is 5.32 Å². The first-order valence-corrected chi connectivity index (χ1v) is 5.72. The molecule has 1 amide bonds. The number of nitrogens with zero attached hydrogens (tertiary/aromatic N) is 1. The average molecular weight is 250 g/mol. The normalized spacial score (nSPS) is 9.35. The summed E-state index contributed by atoms with van der Waals surface area (Å²) in [7, 11) is 0. The molecule has 1 aromatic rings. The monoisotopic (exact) mass is 250 g/mol. The van der Waals surface area contributed by atoms with Crippen molar-refractivity contribution >= 4 is 23.6 Å². The van der Waals surface area contributed by atoms with E-state index in [-0.39, 0.29) is 23.8 Å². The van der Waals surface area contributed by atoms with Gasteiger partial charge in [-0.3, -0.25) is 4.79 Å². The van der Waals surface area contributed by atoms with Crippen molar-refractivity contribution in [3.63, 3.8) is 0 Å². The van der Waals surface area contributed by atoms with Gasteiger partial charge in [-0.25, -0.2) is 4.79 Å². The first kappa shape index (κ1) is 13.1. The predicted octanol–water partition coefficient (Wildman–Crippen LogP) is 1.12. The molecule has 88 valence electrons. The third-order valence-electron chi connectivity index (χ3n) is 1.84. The van der Waals surface area contributed by atoms with Crippen LogP contribution in [-0.4, -0.2) is 29.3 Å². The van der Waals surface area contributed by atoms with Gasteiger partial charge in [0.2, 0.25) is 5.91 Å². The first-order valence-electron chi connectivity index (χ1n) is 4.74. The molecule has 0 aromatic heterocycles. The molecule has 2 N–H and O–H groups in total.